The van der Waals surface area contributed by atoms with Crippen molar-refractivity contribution in [3.05, 3.63) is 81.4 Å². The Kier molecular flexibility index (Phi) is 10.2. The lowest BCUT2D eigenvalue weighted by molar-refractivity contribution is -0.149. The molecule has 4 aromatic rings. The van der Waals surface area contributed by atoms with Crippen molar-refractivity contribution >= 4 is 46.7 Å². The summed E-state index contributed by atoms with van der Waals surface area (Å²) in [6.45, 7) is 6.69. The summed E-state index contributed by atoms with van der Waals surface area (Å²) in [5.74, 6) is -1.27. The number of amides is 2. The van der Waals surface area contributed by atoms with Crippen LogP contribution in [0.5, 0.6) is 0 Å². The molecule has 6 aliphatic rings. The fourth-order valence-electron chi connectivity index (χ4n) is 12.8. The van der Waals surface area contributed by atoms with Gasteiger partial charge in [-0.1, -0.05) is 35.9 Å². The van der Waals surface area contributed by atoms with Gasteiger partial charge in [0.25, 0.3) is 11.8 Å². The molecular weight excluding hydrogens is 820 g/mol. The first-order chi connectivity index (χ1) is 30.1. The van der Waals surface area contributed by atoms with E-state index in [1.165, 1.54) is 0 Å². The van der Waals surface area contributed by atoms with Gasteiger partial charge < -0.3 is 30.0 Å². The summed E-state index contributed by atoms with van der Waals surface area (Å²) in [6.07, 6.45) is 11.1. The molecule has 2 aromatic carbocycles. The lowest BCUT2D eigenvalue weighted by Crippen LogP contribution is -2.39. The molecule has 4 aliphatic carbocycles. The Balaban J connectivity index is 0.791. The van der Waals surface area contributed by atoms with Crippen molar-refractivity contribution in [2.45, 2.75) is 103 Å². The number of carbonyl (C=O) groups is 4. The summed E-state index contributed by atoms with van der Waals surface area (Å²) in [5, 5.41) is 26.3. The van der Waals surface area contributed by atoms with Crippen LogP contribution in [0.1, 0.15) is 120 Å². The maximum atomic E-state index is 13.9. The third kappa shape index (κ3) is 7.07. The molecule has 0 atom stereocenters. The summed E-state index contributed by atoms with van der Waals surface area (Å²) in [6, 6.07) is 11.2. The highest BCUT2D eigenvalue weighted by atomic mass is 35.5. The van der Waals surface area contributed by atoms with Crippen molar-refractivity contribution < 1.29 is 29.4 Å². The SMILES string of the molecule is Cc1c(NC(=O)c2nc3c(n2C)CCN(CC24CCC(C(=O)O)(CC2)C4)C3)cccc1-c1cccc(NC(=O)c2nc3c(n2C)CCN(CCC24CCC(C(=O)O)(CC2)C4)C3)c1Cl. The second-order valence-electron chi connectivity index (χ2n) is 20.1. The number of aromatic nitrogens is 4. The van der Waals surface area contributed by atoms with Crippen molar-refractivity contribution in [2.24, 2.45) is 35.8 Å². The molecule has 0 radical (unpaired) electrons. The Morgan fingerprint density at radius 3 is 1.75 bits per heavy atom. The van der Waals surface area contributed by atoms with E-state index in [0.29, 0.717) is 46.7 Å². The minimum atomic E-state index is -0.644. The topological polar surface area (TPSA) is 175 Å². The van der Waals surface area contributed by atoms with Gasteiger partial charge in [0.05, 0.1) is 32.9 Å². The number of carboxylic acid groups (broad SMARTS) is 2. The van der Waals surface area contributed by atoms with E-state index < -0.39 is 22.8 Å². The number of anilines is 2. The first-order valence-electron chi connectivity index (χ1n) is 22.6. The standard InChI is InChI=1S/C48H57ClN8O6/c1-29-30(6-4-8-32(29)52-41(58)39-51-35-25-57(22-11-37(35)55(39)3)28-46-14-18-48(27-46,19-15-46)44(62)63)31-7-5-9-33(38(31)49)53-42(59)40-50-34-24-56(21-10-36(34)54(40)2)23-20-45-12-16-47(26-45,17-13-45)43(60)61/h4-9H,10-28H2,1-3H3,(H,52,58)(H,53,59)(H,60,61)(H,62,63). The molecule has 15 heteroatoms. The molecule has 4 heterocycles. The summed E-state index contributed by atoms with van der Waals surface area (Å²) in [5.41, 5.74) is 6.43. The number of hydrogen-bond donors (Lipinski definition) is 4. The van der Waals surface area contributed by atoms with E-state index in [-0.39, 0.29) is 22.6 Å². The molecular formula is C48H57ClN8O6. The molecule has 63 heavy (non-hydrogen) atoms. The number of nitrogens with one attached hydrogen (secondary N) is 2. The average Bonchev–Trinajstić information content (AvgIpc) is 4.13. The highest BCUT2D eigenvalue weighted by Gasteiger charge is 2.59. The molecule has 332 valence electrons. The zero-order valence-electron chi connectivity index (χ0n) is 36.5. The van der Waals surface area contributed by atoms with Crippen LogP contribution in [0.15, 0.2) is 36.4 Å². The van der Waals surface area contributed by atoms with E-state index in [4.69, 9.17) is 21.6 Å². The number of halogens is 1. The predicted molar refractivity (Wildman–Crippen MR) is 238 cm³/mol. The van der Waals surface area contributed by atoms with Crippen LogP contribution in [-0.2, 0) is 49.6 Å². The number of nitrogens with zero attached hydrogens (tertiary/aromatic N) is 6. The number of hydrogen-bond acceptors (Lipinski definition) is 8. The lowest BCUT2D eigenvalue weighted by atomic mass is 9.80. The third-order valence-corrected chi connectivity index (χ3v) is 17.0. The maximum absolute atomic E-state index is 13.9. The monoisotopic (exact) mass is 876 g/mol. The second kappa shape index (κ2) is 15.3. The molecule has 0 spiro atoms. The second-order valence-corrected chi connectivity index (χ2v) is 20.5. The van der Waals surface area contributed by atoms with Gasteiger partial charge in [-0.15, -0.1) is 0 Å². The normalized spacial score (nSPS) is 27.4. The predicted octanol–water partition coefficient (Wildman–Crippen LogP) is 7.46. The number of carbonyl (C=O) groups excluding carboxylic acids is 2. The van der Waals surface area contributed by atoms with E-state index in [1.807, 2.05) is 60.5 Å². The first kappa shape index (κ1) is 41.9. The Morgan fingerprint density at radius 2 is 1.17 bits per heavy atom. The van der Waals surface area contributed by atoms with Crippen LogP contribution in [0, 0.1) is 28.6 Å². The fraction of sp³-hybridized carbons (Fsp3) is 0.542. The number of aliphatic carboxylic acids is 2. The van der Waals surface area contributed by atoms with Gasteiger partial charge in [0, 0.05) is 82.3 Å². The van der Waals surface area contributed by atoms with Crippen LogP contribution in [0.2, 0.25) is 5.02 Å². The van der Waals surface area contributed by atoms with Gasteiger partial charge in [0.2, 0.25) is 0 Å². The van der Waals surface area contributed by atoms with Gasteiger partial charge >= 0.3 is 11.9 Å². The van der Waals surface area contributed by atoms with E-state index in [1.54, 1.807) is 6.07 Å². The number of fused-ring (bicyclic) bond motifs is 6. The zero-order valence-corrected chi connectivity index (χ0v) is 37.2. The van der Waals surface area contributed by atoms with E-state index in [2.05, 4.69) is 20.4 Å². The van der Waals surface area contributed by atoms with Crippen molar-refractivity contribution in [1.29, 1.82) is 0 Å². The van der Waals surface area contributed by atoms with Crippen molar-refractivity contribution in [3.63, 3.8) is 0 Å². The largest absolute Gasteiger partial charge is 0.481 e. The number of rotatable bonds is 12. The summed E-state index contributed by atoms with van der Waals surface area (Å²) < 4.78 is 3.78. The molecule has 4 N–H and O–H groups in total. The van der Waals surface area contributed by atoms with Gasteiger partial charge in [-0.3, -0.25) is 29.0 Å². The Hall–Kier alpha value is -5.05. The van der Waals surface area contributed by atoms with Crippen LogP contribution in [-0.4, -0.2) is 89.0 Å². The third-order valence-electron chi connectivity index (χ3n) is 16.6. The minimum absolute atomic E-state index is 0.0525. The molecule has 4 saturated carbocycles. The summed E-state index contributed by atoms with van der Waals surface area (Å²) >= 11 is 7.07. The number of imidazole rings is 2. The number of benzene rings is 2. The van der Waals surface area contributed by atoms with Crippen molar-refractivity contribution in [3.8, 4) is 11.1 Å². The lowest BCUT2D eigenvalue weighted by Gasteiger charge is -2.35. The van der Waals surface area contributed by atoms with Gasteiger partial charge in [-0.25, -0.2) is 9.97 Å². The fourth-order valence-corrected chi connectivity index (χ4v) is 13.1. The van der Waals surface area contributed by atoms with Gasteiger partial charge in [-0.05, 0) is 118 Å². The van der Waals surface area contributed by atoms with Crippen molar-refractivity contribution in [2.75, 3.05) is 36.8 Å². The summed E-state index contributed by atoms with van der Waals surface area (Å²) in [7, 11) is 3.77. The minimum Gasteiger partial charge on any atom is -0.481 e. The quantitative estimate of drug-likeness (QED) is 0.112. The van der Waals surface area contributed by atoms with E-state index in [9.17, 15) is 29.4 Å². The van der Waals surface area contributed by atoms with Gasteiger partial charge in [0.15, 0.2) is 11.6 Å². The zero-order chi connectivity index (χ0) is 44.1. The molecule has 2 aliphatic heterocycles. The van der Waals surface area contributed by atoms with Gasteiger partial charge in [-0.2, -0.15) is 0 Å². The highest BCUT2D eigenvalue weighted by Crippen LogP contribution is 2.63. The van der Waals surface area contributed by atoms with Crippen LogP contribution in [0.3, 0.4) is 0 Å². The van der Waals surface area contributed by atoms with Crippen LogP contribution >= 0.6 is 11.6 Å². The molecule has 14 nitrogen and oxygen atoms in total. The molecule has 2 amide bonds. The molecule has 4 fully saturated rings. The van der Waals surface area contributed by atoms with Crippen LogP contribution in [0.25, 0.3) is 11.1 Å². The first-order valence-corrected chi connectivity index (χ1v) is 23.0. The van der Waals surface area contributed by atoms with Crippen LogP contribution < -0.4 is 10.6 Å². The highest BCUT2D eigenvalue weighted by molar-refractivity contribution is 6.36. The van der Waals surface area contributed by atoms with E-state index >= 15 is 0 Å². The molecule has 2 aromatic heterocycles. The molecule has 0 saturated heterocycles. The Morgan fingerprint density at radius 1 is 0.683 bits per heavy atom. The van der Waals surface area contributed by atoms with Gasteiger partial charge in [0.1, 0.15) is 0 Å². The smallest absolute Gasteiger partial charge is 0.309 e. The molecule has 10 rings (SSSR count). The Bertz CT molecular complexity index is 2560. The number of carboxylic acids is 2. The molecule has 4 bridgehead atoms. The average molecular weight is 877 g/mol. The van der Waals surface area contributed by atoms with Crippen LogP contribution in [0.4, 0.5) is 11.4 Å². The Labute approximate surface area is 372 Å². The molecule has 0 unspecified atom stereocenters. The van der Waals surface area contributed by atoms with Crippen molar-refractivity contribution in [1.82, 2.24) is 28.9 Å². The van der Waals surface area contributed by atoms with E-state index in [0.717, 1.165) is 144 Å². The maximum Gasteiger partial charge on any atom is 0.309 e. The summed E-state index contributed by atoms with van der Waals surface area (Å²) in [4.78, 5) is 66.2.